The van der Waals surface area contributed by atoms with Gasteiger partial charge in [-0.25, -0.2) is 4.79 Å². The maximum absolute atomic E-state index is 10.9. The Hall–Kier alpha value is -1.61. The Morgan fingerprint density at radius 1 is 1.36 bits per heavy atom. The molecule has 4 heteroatoms. The van der Waals surface area contributed by atoms with Gasteiger partial charge in [-0.3, -0.25) is 4.79 Å². The van der Waals surface area contributed by atoms with Crippen LogP contribution in [0.3, 0.4) is 0 Å². The number of ether oxygens (including phenoxy) is 1. The fraction of sp³-hybridized carbons (Fsp3) is 0. The number of para-hydroxylation sites is 1. The van der Waals surface area contributed by atoms with Gasteiger partial charge in [0.05, 0.1) is 5.56 Å². The molecular weight excluding hydrogens is 204 g/mol. The SMILES string of the molecule is C=CC(=O)Oc1ccccc1C(=O)Cl. The van der Waals surface area contributed by atoms with E-state index in [0.717, 1.165) is 6.08 Å². The molecule has 1 rings (SSSR count). The van der Waals surface area contributed by atoms with Crippen LogP contribution in [0.1, 0.15) is 10.4 Å². The van der Waals surface area contributed by atoms with E-state index in [9.17, 15) is 9.59 Å². The lowest BCUT2D eigenvalue weighted by atomic mass is 10.2. The van der Waals surface area contributed by atoms with E-state index >= 15 is 0 Å². The largest absolute Gasteiger partial charge is 0.423 e. The highest BCUT2D eigenvalue weighted by molar-refractivity contribution is 6.68. The summed E-state index contributed by atoms with van der Waals surface area (Å²) < 4.78 is 4.79. The topological polar surface area (TPSA) is 43.4 Å². The van der Waals surface area contributed by atoms with Crippen molar-refractivity contribution in [1.29, 1.82) is 0 Å². The van der Waals surface area contributed by atoms with Gasteiger partial charge in [0.15, 0.2) is 0 Å². The second-order valence-corrected chi connectivity index (χ2v) is 2.74. The van der Waals surface area contributed by atoms with E-state index in [0.29, 0.717) is 0 Å². The van der Waals surface area contributed by atoms with Gasteiger partial charge in [-0.1, -0.05) is 18.7 Å². The molecule has 0 aliphatic heterocycles. The molecule has 1 aromatic carbocycles. The smallest absolute Gasteiger partial charge is 0.335 e. The van der Waals surface area contributed by atoms with Gasteiger partial charge >= 0.3 is 5.97 Å². The van der Waals surface area contributed by atoms with Crippen molar-refractivity contribution >= 4 is 22.8 Å². The average molecular weight is 211 g/mol. The van der Waals surface area contributed by atoms with E-state index in [1.54, 1.807) is 12.1 Å². The van der Waals surface area contributed by atoms with Gasteiger partial charge in [0.1, 0.15) is 5.75 Å². The Morgan fingerprint density at radius 2 is 2.00 bits per heavy atom. The van der Waals surface area contributed by atoms with Crippen LogP contribution in [0.4, 0.5) is 0 Å². The summed E-state index contributed by atoms with van der Waals surface area (Å²) in [7, 11) is 0. The summed E-state index contributed by atoms with van der Waals surface area (Å²) in [4.78, 5) is 21.7. The van der Waals surface area contributed by atoms with E-state index in [2.05, 4.69) is 6.58 Å². The summed E-state index contributed by atoms with van der Waals surface area (Å²) in [5.41, 5.74) is 0.157. The quantitative estimate of drug-likeness (QED) is 0.332. The lowest BCUT2D eigenvalue weighted by molar-refractivity contribution is -0.128. The maximum Gasteiger partial charge on any atom is 0.335 e. The molecule has 0 N–H and O–H groups in total. The van der Waals surface area contributed by atoms with Gasteiger partial charge < -0.3 is 4.74 Å². The van der Waals surface area contributed by atoms with E-state index in [1.165, 1.54) is 12.1 Å². The number of rotatable bonds is 3. The van der Waals surface area contributed by atoms with Crippen molar-refractivity contribution in [2.45, 2.75) is 0 Å². The summed E-state index contributed by atoms with van der Waals surface area (Å²) >= 11 is 5.28. The first kappa shape index (κ1) is 10.5. The first-order valence-corrected chi connectivity index (χ1v) is 4.16. The van der Waals surface area contributed by atoms with Crippen molar-refractivity contribution in [2.75, 3.05) is 0 Å². The zero-order valence-corrected chi connectivity index (χ0v) is 7.95. The third-order valence-corrected chi connectivity index (χ3v) is 1.68. The summed E-state index contributed by atoms with van der Waals surface area (Å²) in [5.74, 6) is -0.493. The molecule has 0 saturated heterocycles. The summed E-state index contributed by atoms with van der Waals surface area (Å²) in [5, 5.41) is -0.669. The fourth-order valence-corrected chi connectivity index (χ4v) is 1.02. The second-order valence-electron chi connectivity index (χ2n) is 2.40. The minimum Gasteiger partial charge on any atom is -0.423 e. The van der Waals surface area contributed by atoms with Crippen LogP contribution in [0.25, 0.3) is 0 Å². The molecule has 0 aliphatic carbocycles. The lowest BCUT2D eigenvalue weighted by Crippen LogP contribution is -2.06. The Bertz CT molecular complexity index is 385. The summed E-state index contributed by atoms with van der Waals surface area (Å²) in [6.07, 6.45) is 1.01. The van der Waals surface area contributed by atoms with Crippen molar-refractivity contribution in [3.63, 3.8) is 0 Å². The molecule has 0 atom stereocenters. The number of halogens is 1. The highest BCUT2D eigenvalue weighted by Crippen LogP contribution is 2.19. The Morgan fingerprint density at radius 3 is 2.57 bits per heavy atom. The van der Waals surface area contributed by atoms with Crippen molar-refractivity contribution in [1.82, 2.24) is 0 Å². The van der Waals surface area contributed by atoms with E-state index < -0.39 is 11.2 Å². The molecule has 0 spiro atoms. The Labute approximate surface area is 85.9 Å². The van der Waals surface area contributed by atoms with Crippen LogP contribution in [-0.2, 0) is 4.79 Å². The van der Waals surface area contributed by atoms with Crippen LogP contribution in [0.5, 0.6) is 5.75 Å². The minimum absolute atomic E-state index is 0.136. The fourth-order valence-electron chi connectivity index (χ4n) is 0.868. The molecule has 0 heterocycles. The number of hydrogen-bond donors (Lipinski definition) is 0. The molecule has 0 fully saturated rings. The van der Waals surface area contributed by atoms with Crippen molar-refractivity contribution in [3.8, 4) is 5.75 Å². The van der Waals surface area contributed by atoms with Crippen LogP contribution in [-0.4, -0.2) is 11.2 Å². The van der Waals surface area contributed by atoms with Crippen LogP contribution in [0.2, 0.25) is 0 Å². The van der Waals surface area contributed by atoms with E-state index in [4.69, 9.17) is 16.3 Å². The van der Waals surface area contributed by atoms with Gasteiger partial charge in [-0.2, -0.15) is 0 Å². The Balaban J connectivity index is 3.01. The highest BCUT2D eigenvalue weighted by Gasteiger charge is 2.10. The first-order chi connectivity index (χ1) is 6.65. The lowest BCUT2D eigenvalue weighted by Gasteiger charge is -2.04. The molecule has 0 bridgehead atoms. The molecule has 0 saturated carbocycles. The van der Waals surface area contributed by atoms with Crippen LogP contribution >= 0.6 is 11.6 Å². The number of carbonyl (C=O) groups is 2. The van der Waals surface area contributed by atoms with Crippen LogP contribution < -0.4 is 4.74 Å². The standard InChI is InChI=1S/C10H7ClO3/c1-2-9(12)14-8-6-4-3-5-7(8)10(11)13/h2-6H,1H2. The molecule has 0 unspecified atom stereocenters. The summed E-state index contributed by atoms with van der Waals surface area (Å²) in [6.45, 7) is 3.24. The molecule has 0 aliphatic rings. The van der Waals surface area contributed by atoms with E-state index in [-0.39, 0.29) is 11.3 Å². The molecule has 72 valence electrons. The van der Waals surface area contributed by atoms with Crippen molar-refractivity contribution < 1.29 is 14.3 Å². The number of benzene rings is 1. The molecule has 0 amide bonds. The zero-order valence-electron chi connectivity index (χ0n) is 7.20. The minimum atomic E-state index is -0.669. The molecule has 0 radical (unpaired) electrons. The monoisotopic (exact) mass is 210 g/mol. The van der Waals surface area contributed by atoms with Gasteiger partial charge in [-0.15, -0.1) is 0 Å². The zero-order chi connectivity index (χ0) is 10.6. The molecule has 3 nitrogen and oxygen atoms in total. The normalized spacial score (nSPS) is 9.21. The average Bonchev–Trinajstić information content (AvgIpc) is 2.18. The third kappa shape index (κ3) is 2.44. The second kappa shape index (κ2) is 4.58. The van der Waals surface area contributed by atoms with Crippen molar-refractivity contribution in [2.24, 2.45) is 0 Å². The first-order valence-electron chi connectivity index (χ1n) is 3.78. The van der Waals surface area contributed by atoms with Gasteiger partial charge in [0.25, 0.3) is 5.24 Å². The van der Waals surface area contributed by atoms with Crippen LogP contribution in [0.15, 0.2) is 36.9 Å². The van der Waals surface area contributed by atoms with Gasteiger partial charge in [0, 0.05) is 6.08 Å². The molecular formula is C10H7ClO3. The molecule has 14 heavy (non-hydrogen) atoms. The van der Waals surface area contributed by atoms with Crippen LogP contribution in [0, 0.1) is 0 Å². The molecule has 1 aromatic rings. The van der Waals surface area contributed by atoms with Gasteiger partial charge in [0.2, 0.25) is 0 Å². The predicted octanol–water partition coefficient (Wildman–Crippen LogP) is 2.16. The predicted molar refractivity (Wildman–Crippen MR) is 52.5 cm³/mol. The maximum atomic E-state index is 10.9. The summed E-state index contributed by atoms with van der Waals surface area (Å²) in [6, 6.07) is 6.22. The van der Waals surface area contributed by atoms with Gasteiger partial charge in [-0.05, 0) is 23.7 Å². The number of hydrogen-bond acceptors (Lipinski definition) is 3. The number of esters is 1. The molecule has 0 aromatic heterocycles. The number of carbonyl (C=O) groups excluding carboxylic acids is 2. The highest BCUT2D eigenvalue weighted by atomic mass is 35.5. The Kier molecular flexibility index (Phi) is 3.42. The van der Waals surface area contributed by atoms with Crippen molar-refractivity contribution in [3.05, 3.63) is 42.5 Å². The third-order valence-electron chi connectivity index (χ3n) is 1.48. The van der Waals surface area contributed by atoms with E-state index in [1.807, 2.05) is 0 Å².